The van der Waals surface area contributed by atoms with Gasteiger partial charge < -0.3 is 15.7 Å². The molecule has 4 nitrogen and oxygen atoms in total. The lowest BCUT2D eigenvalue weighted by atomic mass is 9.95. The van der Waals surface area contributed by atoms with E-state index in [-0.39, 0.29) is 11.9 Å². The first kappa shape index (κ1) is 11.5. The van der Waals surface area contributed by atoms with Gasteiger partial charge in [0.1, 0.15) is 0 Å². The van der Waals surface area contributed by atoms with E-state index < -0.39 is 5.60 Å². The van der Waals surface area contributed by atoms with E-state index in [2.05, 4.69) is 6.92 Å². The average molecular weight is 200 g/mol. The molecule has 14 heavy (non-hydrogen) atoms. The van der Waals surface area contributed by atoms with Gasteiger partial charge >= 0.3 is 0 Å². The van der Waals surface area contributed by atoms with Crippen molar-refractivity contribution >= 4 is 5.91 Å². The summed E-state index contributed by atoms with van der Waals surface area (Å²) in [5.41, 5.74) is 5.04. The summed E-state index contributed by atoms with van der Waals surface area (Å²) < 4.78 is 0. The van der Waals surface area contributed by atoms with Crippen molar-refractivity contribution in [2.24, 2.45) is 5.73 Å². The first-order valence-electron chi connectivity index (χ1n) is 5.23. The summed E-state index contributed by atoms with van der Waals surface area (Å²) in [4.78, 5) is 13.2. The summed E-state index contributed by atoms with van der Waals surface area (Å²) in [7, 11) is 0. The fourth-order valence-electron chi connectivity index (χ4n) is 1.71. The molecule has 1 aliphatic rings. The standard InChI is InChI=1S/C10H20N2O2/c1-3-4-5-8(11)9(13)12-6-10(2,14)7-12/h8,14H,3-7,11H2,1-2H3/t8-/m0/s1. The van der Waals surface area contributed by atoms with Gasteiger partial charge in [-0.25, -0.2) is 0 Å². The van der Waals surface area contributed by atoms with Crippen LogP contribution in [0.15, 0.2) is 0 Å². The second-order valence-electron chi connectivity index (χ2n) is 4.44. The number of aliphatic hydroxyl groups is 1. The molecule has 1 saturated heterocycles. The lowest BCUT2D eigenvalue weighted by molar-refractivity contribution is -0.153. The predicted octanol–water partition coefficient (Wildman–Crippen LogP) is 0.0971. The molecule has 0 saturated carbocycles. The largest absolute Gasteiger partial charge is 0.386 e. The van der Waals surface area contributed by atoms with Gasteiger partial charge in [0.2, 0.25) is 5.91 Å². The van der Waals surface area contributed by atoms with Crippen LogP contribution in [0, 0.1) is 0 Å². The maximum absolute atomic E-state index is 11.6. The number of carbonyl (C=O) groups is 1. The van der Waals surface area contributed by atoms with Gasteiger partial charge in [-0.2, -0.15) is 0 Å². The fourth-order valence-corrected chi connectivity index (χ4v) is 1.71. The molecule has 0 unspecified atom stereocenters. The van der Waals surface area contributed by atoms with Gasteiger partial charge in [-0.15, -0.1) is 0 Å². The number of β-amino-alcohol motifs (C(OH)–C–C–N with tert-alkyl or cyclic N) is 1. The van der Waals surface area contributed by atoms with Crippen LogP contribution in [0.2, 0.25) is 0 Å². The molecule has 0 aromatic carbocycles. The maximum Gasteiger partial charge on any atom is 0.239 e. The number of unbranched alkanes of at least 4 members (excludes halogenated alkanes) is 1. The number of rotatable bonds is 4. The summed E-state index contributed by atoms with van der Waals surface area (Å²) in [6.07, 6.45) is 2.78. The van der Waals surface area contributed by atoms with E-state index in [0.29, 0.717) is 13.1 Å². The zero-order valence-corrected chi connectivity index (χ0v) is 8.99. The molecule has 3 N–H and O–H groups in total. The van der Waals surface area contributed by atoms with Crippen molar-refractivity contribution in [3.8, 4) is 0 Å². The van der Waals surface area contributed by atoms with Crippen molar-refractivity contribution in [2.45, 2.75) is 44.8 Å². The van der Waals surface area contributed by atoms with Crippen LogP contribution >= 0.6 is 0 Å². The van der Waals surface area contributed by atoms with Crippen molar-refractivity contribution in [1.29, 1.82) is 0 Å². The topological polar surface area (TPSA) is 66.6 Å². The number of nitrogens with two attached hydrogens (primary N) is 1. The van der Waals surface area contributed by atoms with Crippen molar-refractivity contribution in [2.75, 3.05) is 13.1 Å². The van der Waals surface area contributed by atoms with Crippen molar-refractivity contribution < 1.29 is 9.90 Å². The molecule has 1 heterocycles. The summed E-state index contributed by atoms with van der Waals surface area (Å²) >= 11 is 0. The van der Waals surface area contributed by atoms with Gasteiger partial charge in [-0.3, -0.25) is 4.79 Å². The Bertz CT molecular complexity index is 208. The molecule has 1 aliphatic heterocycles. The molecular formula is C10H20N2O2. The SMILES string of the molecule is CCCC[C@H](N)C(=O)N1CC(C)(O)C1. The van der Waals surface area contributed by atoms with E-state index in [0.717, 1.165) is 19.3 Å². The Balaban J connectivity index is 2.29. The number of likely N-dealkylation sites (tertiary alicyclic amines) is 1. The molecule has 82 valence electrons. The highest BCUT2D eigenvalue weighted by Gasteiger charge is 2.40. The van der Waals surface area contributed by atoms with Crippen LogP contribution in [-0.2, 0) is 4.79 Å². The number of amides is 1. The van der Waals surface area contributed by atoms with E-state index in [4.69, 9.17) is 5.73 Å². The Hall–Kier alpha value is -0.610. The van der Waals surface area contributed by atoms with Crippen LogP contribution in [0.1, 0.15) is 33.1 Å². The van der Waals surface area contributed by atoms with Crippen LogP contribution in [0.5, 0.6) is 0 Å². The monoisotopic (exact) mass is 200 g/mol. The van der Waals surface area contributed by atoms with Gasteiger partial charge in [0.05, 0.1) is 24.7 Å². The summed E-state index contributed by atoms with van der Waals surface area (Å²) in [6.45, 7) is 4.65. The lowest BCUT2D eigenvalue weighted by Crippen LogP contribution is -2.64. The first-order valence-corrected chi connectivity index (χ1v) is 5.23. The molecule has 1 fully saturated rings. The van der Waals surface area contributed by atoms with E-state index in [9.17, 15) is 9.90 Å². The van der Waals surface area contributed by atoms with Gasteiger partial charge in [0.25, 0.3) is 0 Å². The number of hydrogen-bond donors (Lipinski definition) is 2. The molecule has 1 rings (SSSR count). The average Bonchev–Trinajstić information content (AvgIpc) is 2.08. The Morgan fingerprint density at radius 2 is 2.21 bits per heavy atom. The number of hydrogen-bond acceptors (Lipinski definition) is 3. The molecular weight excluding hydrogens is 180 g/mol. The first-order chi connectivity index (χ1) is 6.46. The molecule has 0 aromatic rings. The van der Waals surface area contributed by atoms with E-state index in [1.54, 1.807) is 11.8 Å². The minimum atomic E-state index is -0.694. The third-order valence-corrected chi connectivity index (χ3v) is 2.56. The normalized spacial score (nSPS) is 21.6. The lowest BCUT2D eigenvalue weighted by Gasteiger charge is -2.45. The van der Waals surface area contributed by atoms with Crippen molar-refractivity contribution in [3.05, 3.63) is 0 Å². The number of carbonyl (C=O) groups excluding carboxylic acids is 1. The molecule has 0 bridgehead atoms. The van der Waals surface area contributed by atoms with Crippen LogP contribution < -0.4 is 5.73 Å². The molecule has 0 aliphatic carbocycles. The highest BCUT2D eigenvalue weighted by molar-refractivity contribution is 5.82. The molecule has 0 spiro atoms. The van der Waals surface area contributed by atoms with Crippen LogP contribution in [0.25, 0.3) is 0 Å². The van der Waals surface area contributed by atoms with Gasteiger partial charge in [-0.05, 0) is 13.3 Å². The zero-order chi connectivity index (χ0) is 10.8. The van der Waals surface area contributed by atoms with Crippen molar-refractivity contribution in [3.63, 3.8) is 0 Å². The minimum Gasteiger partial charge on any atom is -0.386 e. The third kappa shape index (κ3) is 2.69. The summed E-state index contributed by atoms with van der Waals surface area (Å²) in [5.74, 6) is -0.0232. The second-order valence-corrected chi connectivity index (χ2v) is 4.44. The predicted molar refractivity (Wildman–Crippen MR) is 54.7 cm³/mol. The Morgan fingerprint density at radius 1 is 1.64 bits per heavy atom. The minimum absolute atomic E-state index is 0.0232. The molecule has 0 aromatic heterocycles. The maximum atomic E-state index is 11.6. The van der Waals surface area contributed by atoms with Gasteiger partial charge in [0.15, 0.2) is 0 Å². The third-order valence-electron chi connectivity index (χ3n) is 2.56. The molecule has 1 amide bonds. The second kappa shape index (κ2) is 4.28. The summed E-state index contributed by atoms with van der Waals surface area (Å²) in [5, 5.41) is 9.46. The highest BCUT2D eigenvalue weighted by Crippen LogP contribution is 2.20. The molecule has 4 heteroatoms. The van der Waals surface area contributed by atoms with Gasteiger partial charge in [-0.1, -0.05) is 19.8 Å². The van der Waals surface area contributed by atoms with Crippen LogP contribution in [0.4, 0.5) is 0 Å². The van der Waals surface area contributed by atoms with Crippen molar-refractivity contribution in [1.82, 2.24) is 4.90 Å². The Labute approximate surface area is 85.1 Å². The highest BCUT2D eigenvalue weighted by atomic mass is 16.3. The Kier molecular flexibility index (Phi) is 3.50. The van der Waals surface area contributed by atoms with E-state index in [1.165, 1.54) is 0 Å². The van der Waals surface area contributed by atoms with Gasteiger partial charge in [0, 0.05) is 0 Å². The molecule has 1 atom stereocenters. The fraction of sp³-hybridized carbons (Fsp3) is 0.900. The molecule has 0 radical (unpaired) electrons. The summed E-state index contributed by atoms with van der Waals surface area (Å²) in [6, 6.07) is -0.383. The van der Waals surface area contributed by atoms with Crippen LogP contribution in [-0.4, -0.2) is 40.6 Å². The number of nitrogens with zero attached hydrogens (tertiary/aromatic N) is 1. The van der Waals surface area contributed by atoms with E-state index in [1.807, 2.05) is 0 Å². The van der Waals surface area contributed by atoms with Crippen LogP contribution in [0.3, 0.4) is 0 Å². The quantitative estimate of drug-likeness (QED) is 0.676. The Morgan fingerprint density at radius 3 is 2.64 bits per heavy atom. The smallest absolute Gasteiger partial charge is 0.239 e. The zero-order valence-electron chi connectivity index (χ0n) is 8.99. The van der Waals surface area contributed by atoms with E-state index >= 15 is 0 Å².